The zero-order valence-electron chi connectivity index (χ0n) is 10.5. The van der Waals surface area contributed by atoms with Crippen LogP contribution in [0.4, 0.5) is 5.69 Å². The van der Waals surface area contributed by atoms with Crippen molar-refractivity contribution in [2.24, 2.45) is 0 Å². The summed E-state index contributed by atoms with van der Waals surface area (Å²) < 4.78 is 0. The fraction of sp³-hybridized carbons (Fsp3) is 0.133. The molecule has 0 unspecified atom stereocenters. The van der Waals surface area contributed by atoms with E-state index < -0.39 is 0 Å². The van der Waals surface area contributed by atoms with Gasteiger partial charge in [-0.2, -0.15) is 0 Å². The number of rotatable bonds is 3. The van der Waals surface area contributed by atoms with Crippen molar-refractivity contribution in [1.29, 1.82) is 0 Å². The Bertz CT molecular complexity index is 594. The minimum Gasteiger partial charge on any atom is -0.506 e. The molecule has 0 bridgehead atoms. The van der Waals surface area contributed by atoms with E-state index in [2.05, 4.69) is 5.32 Å². The van der Waals surface area contributed by atoms with Crippen LogP contribution >= 0.6 is 11.6 Å². The van der Waals surface area contributed by atoms with Gasteiger partial charge in [0, 0.05) is 10.6 Å². The highest BCUT2D eigenvalue weighted by Gasteiger charge is 2.09. The molecule has 2 rings (SSSR count). The third-order valence-corrected chi connectivity index (χ3v) is 3.08. The number of anilines is 1. The summed E-state index contributed by atoms with van der Waals surface area (Å²) in [5.41, 5.74) is 1.95. The van der Waals surface area contributed by atoms with E-state index in [0.717, 1.165) is 12.0 Å². The summed E-state index contributed by atoms with van der Waals surface area (Å²) in [4.78, 5) is 12.0. The average Bonchev–Trinajstić information content (AvgIpc) is 2.42. The predicted octanol–water partition coefficient (Wildman–Crippen LogP) is 3.86. The molecule has 3 nitrogen and oxygen atoms in total. The second-order valence-corrected chi connectivity index (χ2v) is 4.60. The largest absolute Gasteiger partial charge is 0.506 e. The molecule has 0 aliphatic carbocycles. The van der Waals surface area contributed by atoms with Crippen molar-refractivity contribution >= 4 is 23.2 Å². The molecule has 1 amide bonds. The summed E-state index contributed by atoms with van der Waals surface area (Å²) in [6.45, 7) is 2.01. The number of hydrogen-bond donors (Lipinski definition) is 2. The Hall–Kier alpha value is -2.00. The van der Waals surface area contributed by atoms with Crippen LogP contribution in [0.25, 0.3) is 0 Å². The van der Waals surface area contributed by atoms with Crippen molar-refractivity contribution in [3.8, 4) is 5.75 Å². The molecular weight excluding hydrogens is 262 g/mol. The number of aromatic hydroxyl groups is 1. The Morgan fingerprint density at radius 1 is 1.21 bits per heavy atom. The van der Waals surface area contributed by atoms with Crippen molar-refractivity contribution in [3.63, 3.8) is 0 Å². The third kappa shape index (κ3) is 3.26. The third-order valence-electron chi connectivity index (χ3n) is 2.82. The van der Waals surface area contributed by atoms with Gasteiger partial charge in [-0.1, -0.05) is 24.6 Å². The standard InChI is InChI=1S/C15H14ClNO2/c1-2-10-3-8-14(18)13(9-10)17-15(19)11-4-6-12(16)7-5-11/h3-9,18H,2H2,1H3,(H,17,19). The van der Waals surface area contributed by atoms with Gasteiger partial charge < -0.3 is 10.4 Å². The normalized spacial score (nSPS) is 10.2. The van der Waals surface area contributed by atoms with Gasteiger partial charge in [-0.05, 0) is 48.4 Å². The Balaban J connectivity index is 2.21. The number of hydrogen-bond acceptors (Lipinski definition) is 2. The number of halogens is 1. The first-order valence-electron chi connectivity index (χ1n) is 5.99. The Morgan fingerprint density at radius 2 is 1.89 bits per heavy atom. The maximum Gasteiger partial charge on any atom is 0.255 e. The van der Waals surface area contributed by atoms with Gasteiger partial charge in [0.2, 0.25) is 0 Å². The molecular formula is C15H14ClNO2. The lowest BCUT2D eigenvalue weighted by Crippen LogP contribution is -2.12. The molecule has 0 spiro atoms. The maximum atomic E-state index is 12.0. The number of benzene rings is 2. The first-order chi connectivity index (χ1) is 9.10. The van der Waals surface area contributed by atoms with Crippen LogP contribution in [0.3, 0.4) is 0 Å². The van der Waals surface area contributed by atoms with E-state index >= 15 is 0 Å². The van der Waals surface area contributed by atoms with E-state index in [9.17, 15) is 9.90 Å². The van der Waals surface area contributed by atoms with Crippen molar-refractivity contribution < 1.29 is 9.90 Å². The van der Waals surface area contributed by atoms with Crippen LogP contribution < -0.4 is 5.32 Å². The first kappa shape index (κ1) is 13.4. The number of amides is 1. The summed E-state index contributed by atoms with van der Waals surface area (Å²) in [5.74, 6) is -0.222. The number of phenolic OH excluding ortho intramolecular Hbond substituents is 1. The summed E-state index contributed by atoms with van der Waals surface area (Å²) in [7, 11) is 0. The van der Waals surface area contributed by atoms with Crippen LogP contribution in [0.2, 0.25) is 5.02 Å². The fourth-order valence-corrected chi connectivity index (χ4v) is 1.82. The highest BCUT2D eigenvalue weighted by molar-refractivity contribution is 6.30. The van der Waals surface area contributed by atoms with E-state index in [1.165, 1.54) is 0 Å². The number of aryl methyl sites for hydroxylation is 1. The van der Waals surface area contributed by atoms with Crippen molar-refractivity contribution in [3.05, 3.63) is 58.6 Å². The summed E-state index contributed by atoms with van der Waals surface area (Å²) in [6.07, 6.45) is 0.837. The molecule has 98 valence electrons. The lowest BCUT2D eigenvalue weighted by atomic mass is 10.1. The molecule has 0 heterocycles. The molecule has 0 aromatic heterocycles. The zero-order valence-corrected chi connectivity index (χ0v) is 11.2. The van der Waals surface area contributed by atoms with E-state index in [1.807, 2.05) is 13.0 Å². The minimum atomic E-state index is -0.278. The second-order valence-electron chi connectivity index (χ2n) is 4.17. The van der Waals surface area contributed by atoms with Crippen LogP contribution in [0.1, 0.15) is 22.8 Å². The number of carbonyl (C=O) groups excluding carboxylic acids is 1. The molecule has 2 aromatic carbocycles. The van der Waals surface area contributed by atoms with E-state index in [4.69, 9.17) is 11.6 Å². The van der Waals surface area contributed by atoms with Crippen LogP contribution in [0, 0.1) is 0 Å². The Kier molecular flexibility index (Phi) is 4.07. The lowest BCUT2D eigenvalue weighted by Gasteiger charge is -2.09. The fourth-order valence-electron chi connectivity index (χ4n) is 1.70. The number of nitrogens with one attached hydrogen (secondary N) is 1. The summed E-state index contributed by atoms with van der Waals surface area (Å²) in [5, 5.41) is 13.0. The number of carbonyl (C=O) groups is 1. The highest BCUT2D eigenvalue weighted by Crippen LogP contribution is 2.25. The van der Waals surface area contributed by atoms with Gasteiger partial charge in [0.1, 0.15) is 5.75 Å². The lowest BCUT2D eigenvalue weighted by molar-refractivity contribution is 0.102. The maximum absolute atomic E-state index is 12.0. The van der Waals surface area contributed by atoms with E-state index in [-0.39, 0.29) is 11.7 Å². The van der Waals surface area contributed by atoms with Gasteiger partial charge in [-0.3, -0.25) is 4.79 Å². The Labute approximate surface area is 116 Å². The van der Waals surface area contributed by atoms with Gasteiger partial charge in [-0.25, -0.2) is 0 Å². The molecule has 0 saturated carbocycles. The van der Waals surface area contributed by atoms with E-state index in [1.54, 1.807) is 36.4 Å². The van der Waals surface area contributed by atoms with Gasteiger partial charge in [0.05, 0.1) is 5.69 Å². The van der Waals surface area contributed by atoms with Gasteiger partial charge in [-0.15, -0.1) is 0 Å². The molecule has 0 atom stereocenters. The van der Waals surface area contributed by atoms with Crippen LogP contribution in [0.15, 0.2) is 42.5 Å². The predicted molar refractivity (Wildman–Crippen MR) is 76.9 cm³/mol. The SMILES string of the molecule is CCc1ccc(O)c(NC(=O)c2ccc(Cl)cc2)c1. The molecule has 0 aliphatic heterocycles. The molecule has 4 heteroatoms. The molecule has 2 N–H and O–H groups in total. The number of phenols is 1. The minimum absolute atomic E-state index is 0.0551. The summed E-state index contributed by atoms with van der Waals surface area (Å²) >= 11 is 5.77. The van der Waals surface area contributed by atoms with Crippen molar-refractivity contribution in [1.82, 2.24) is 0 Å². The van der Waals surface area contributed by atoms with E-state index in [0.29, 0.717) is 16.3 Å². The van der Waals surface area contributed by atoms with Gasteiger partial charge in [0.15, 0.2) is 0 Å². The zero-order chi connectivity index (χ0) is 13.8. The molecule has 0 fully saturated rings. The van der Waals surface area contributed by atoms with Crippen LogP contribution in [0.5, 0.6) is 5.75 Å². The van der Waals surface area contributed by atoms with Gasteiger partial charge >= 0.3 is 0 Å². The monoisotopic (exact) mass is 275 g/mol. The Morgan fingerprint density at radius 3 is 2.53 bits per heavy atom. The molecule has 2 aromatic rings. The topological polar surface area (TPSA) is 49.3 Å². The van der Waals surface area contributed by atoms with Crippen LogP contribution in [-0.4, -0.2) is 11.0 Å². The van der Waals surface area contributed by atoms with Gasteiger partial charge in [0.25, 0.3) is 5.91 Å². The second kappa shape index (κ2) is 5.76. The highest BCUT2D eigenvalue weighted by atomic mass is 35.5. The summed E-state index contributed by atoms with van der Waals surface area (Å²) in [6, 6.07) is 11.8. The van der Waals surface area contributed by atoms with Crippen molar-refractivity contribution in [2.45, 2.75) is 13.3 Å². The molecule has 0 saturated heterocycles. The first-order valence-corrected chi connectivity index (χ1v) is 6.36. The molecule has 19 heavy (non-hydrogen) atoms. The average molecular weight is 276 g/mol. The molecule has 0 radical (unpaired) electrons. The smallest absolute Gasteiger partial charge is 0.255 e. The molecule has 0 aliphatic rings. The van der Waals surface area contributed by atoms with Crippen LogP contribution in [-0.2, 0) is 6.42 Å². The van der Waals surface area contributed by atoms with Crippen molar-refractivity contribution in [2.75, 3.05) is 5.32 Å². The quantitative estimate of drug-likeness (QED) is 0.836.